The molecular formula is C17H28N6O3. The van der Waals surface area contributed by atoms with Gasteiger partial charge in [-0.3, -0.25) is 10.1 Å². The molecule has 3 heterocycles. The van der Waals surface area contributed by atoms with Crippen molar-refractivity contribution in [3.05, 3.63) is 10.1 Å². The zero-order chi connectivity index (χ0) is 19.0. The molecule has 1 aromatic heterocycles. The molecule has 0 amide bonds. The lowest BCUT2D eigenvalue weighted by molar-refractivity contribution is -0.383. The van der Waals surface area contributed by atoms with E-state index in [1.54, 1.807) is 0 Å². The van der Waals surface area contributed by atoms with E-state index in [0.717, 1.165) is 19.5 Å². The minimum absolute atomic E-state index is 0.0391. The summed E-state index contributed by atoms with van der Waals surface area (Å²) < 4.78 is 5.76. The third kappa shape index (κ3) is 3.82. The summed E-state index contributed by atoms with van der Waals surface area (Å²) in [5, 5.41) is 11.6. The van der Waals surface area contributed by atoms with Crippen molar-refractivity contribution in [3.63, 3.8) is 0 Å². The van der Waals surface area contributed by atoms with Gasteiger partial charge in [0, 0.05) is 26.2 Å². The Hall–Kier alpha value is -2.16. The number of hydrogen-bond donors (Lipinski definition) is 1. The van der Waals surface area contributed by atoms with Crippen LogP contribution in [0.25, 0.3) is 0 Å². The maximum absolute atomic E-state index is 11.6. The molecule has 0 bridgehead atoms. The fourth-order valence-corrected chi connectivity index (χ4v) is 4.16. The average Bonchev–Trinajstić information content (AvgIpc) is 2.51. The van der Waals surface area contributed by atoms with Crippen molar-refractivity contribution in [2.75, 3.05) is 41.7 Å². The zero-order valence-corrected chi connectivity index (χ0v) is 15.9. The van der Waals surface area contributed by atoms with Gasteiger partial charge in [0.2, 0.25) is 17.6 Å². The SMILES string of the molecule is C[C@@H]1C[C@H](C)CN(c2nc(N3C[C@@H](C)O[C@@H](C)C3)nc(N)c2[N+](=O)[O-])C1. The van der Waals surface area contributed by atoms with Crippen LogP contribution in [0.15, 0.2) is 0 Å². The van der Waals surface area contributed by atoms with E-state index in [2.05, 4.69) is 23.8 Å². The molecule has 9 nitrogen and oxygen atoms in total. The van der Waals surface area contributed by atoms with Gasteiger partial charge in [-0.25, -0.2) is 0 Å². The quantitative estimate of drug-likeness (QED) is 0.641. The van der Waals surface area contributed by atoms with Crippen molar-refractivity contribution < 1.29 is 9.66 Å². The molecule has 0 aromatic carbocycles. The second kappa shape index (κ2) is 7.22. The second-order valence-electron chi connectivity index (χ2n) is 7.85. The van der Waals surface area contributed by atoms with Crippen LogP contribution in [0, 0.1) is 22.0 Å². The number of nitrogen functional groups attached to an aromatic ring is 1. The summed E-state index contributed by atoms with van der Waals surface area (Å²) in [6.45, 7) is 11.0. The summed E-state index contributed by atoms with van der Waals surface area (Å²) >= 11 is 0. The van der Waals surface area contributed by atoms with Crippen LogP contribution in [0.2, 0.25) is 0 Å². The number of morpholine rings is 1. The first-order valence-electron chi connectivity index (χ1n) is 9.21. The summed E-state index contributed by atoms with van der Waals surface area (Å²) in [4.78, 5) is 24.0. The predicted octanol–water partition coefficient (Wildman–Crippen LogP) is 2.06. The van der Waals surface area contributed by atoms with Crippen molar-refractivity contribution in [2.45, 2.75) is 46.3 Å². The number of piperidine rings is 1. The molecule has 144 valence electrons. The highest BCUT2D eigenvalue weighted by molar-refractivity contribution is 5.71. The van der Waals surface area contributed by atoms with Gasteiger partial charge in [0.05, 0.1) is 17.1 Å². The summed E-state index contributed by atoms with van der Waals surface area (Å²) in [5.41, 5.74) is 5.81. The van der Waals surface area contributed by atoms with Gasteiger partial charge in [-0.05, 0) is 32.1 Å². The molecule has 4 atom stereocenters. The van der Waals surface area contributed by atoms with Gasteiger partial charge in [-0.2, -0.15) is 9.97 Å². The molecule has 0 spiro atoms. The highest BCUT2D eigenvalue weighted by Crippen LogP contribution is 2.36. The Morgan fingerprint density at radius 1 is 1.04 bits per heavy atom. The molecule has 2 saturated heterocycles. The smallest absolute Gasteiger partial charge is 0.353 e. The summed E-state index contributed by atoms with van der Waals surface area (Å²) in [6.07, 6.45) is 1.19. The monoisotopic (exact) mass is 364 g/mol. The highest BCUT2D eigenvalue weighted by atomic mass is 16.6. The molecule has 9 heteroatoms. The van der Waals surface area contributed by atoms with Gasteiger partial charge in [0.25, 0.3) is 0 Å². The van der Waals surface area contributed by atoms with Gasteiger partial charge < -0.3 is 20.3 Å². The fraction of sp³-hybridized carbons (Fsp3) is 0.765. The Morgan fingerprint density at radius 2 is 1.62 bits per heavy atom. The minimum Gasteiger partial charge on any atom is -0.378 e. The lowest BCUT2D eigenvalue weighted by Crippen LogP contribution is -2.46. The first kappa shape index (κ1) is 18.6. The van der Waals surface area contributed by atoms with Crippen LogP contribution in [0.3, 0.4) is 0 Å². The molecule has 1 aromatic rings. The van der Waals surface area contributed by atoms with Gasteiger partial charge in [-0.1, -0.05) is 13.8 Å². The van der Waals surface area contributed by atoms with Crippen molar-refractivity contribution in [1.82, 2.24) is 9.97 Å². The number of nitrogens with zero attached hydrogens (tertiary/aromatic N) is 5. The van der Waals surface area contributed by atoms with Crippen LogP contribution in [-0.2, 0) is 4.74 Å². The Bertz CT molecular complexity index is 665. The topological polar surface area (TPSA) is 111 Å². The number of nitro groups is 1. The minimum atomic E-state index is -0.469. The van der Waals surface area contributed by atoms with E-state index in [1.807, 2.05) is 23.6 Å². The van der Waals surface area contributed by atoms with Gasteiger partial charge in [0.1, 0.15) is 0 Å². The summed E-state index contributed by atoms with van der Waals surface area (Å²) in [5.74, 6) is 1.59. The molecule has 0 aliphatic carbocycles. The molecule has 0 radical (unpaired) electrons. The van der Waals surface area contributed by atoms with Gasteiger partial charge in [-0.15, -0.1) is 0 Å². The average molecular weight is 364 g/mol. The molecule has 2 fully saturated rings. The Kier molecular flexibility index (Phi) is 5.17. The predicted molar refractivity (Wildman–Crippen MR) is 100 cm³/mol. The number of ether oxygens (including phenoxy) is 1. The van der Waals surface area contributed by atoms with Gasteiger partial charge >= 0.3 is 5.69 Å². The normalized spacial score (nSPS) is 29.7. The maximum Gasteiger partial charge on any atom is 0.353 e. The number of anilines is 3. The lowest BCUT2D eigenvalue weighted by atomic mass is 9.92. The van der Waals surface area contributed by atoms with Crippen molar-refractivity contribution in [2.24, 2.45) is 11.8 Å². The first-order valence-corrected chi connectivity index (χ1v) is 9.21. The molecule has 0 unspecified atom stereocenters. The molecule has 3 rings (SSSR count). The van der Waals surface area contributed by atoms with Crippen molar-refractivity contribution in [1.29, 1.82) is 0 Å². The number of rotatable bonds is 3. The van der Waals surface area contributed by atoms with Crippen LogP contribution in [-0.4, -0.2) is 53.3 Å². The lowest BCUT2D eigenvalue weighted by Gasteiger charge is -2.37. The summed E-state index contributed by atoms with van der Waals surface area (Å²) in [7, 11) is 0. The van der Waals surface area contributed by atoms with E-state index in [9.17, 15) is 10.1 Å². The van der Waals surface area contributed by atoms with Gasteiger partial charge in [0.15, 0.2) is 0 Å². The third-order valence-electron chi connectivity index (χ3n) is 4.93. The van der Waals surface area contributed by atoms with Crippen molar-refractivity contribution in [3.8, 4) is 0 Å². The number of aromatic nitrogens is 2. The first-order chi connectivity index (χ1) is 12.2. The largest absolute Gasteiger partial charge is 0.378 e. The van der Waals surface area contributed by atoms with E-state index in [4.69, 9.17) is 10.5 Å². The Morgan fingerprint density at radius 3 is 2.15 bits per heavy atom. The van der Waals surface area contributed by atoms with Crippen LogP contribution in [0.4, 0.5) is 23.3 Å². The van der Waals surface area contributed by atoms with E-state index in [-0.39, 0.29) is 23.7 Å². The third-order valence-corrected chi connectivity index (χ3v) is 4.93. The molecular weight excluding hydrogens is 336 g/mol. The molecule has 2 N–H and O–H groups in total. The highest BCUT2D eigenvalue weighted by Gasteiger charge is 2.33. The fourth-order valence-electron chi connectivity index (χ4n) is 4.16. The van der Waals surface area contributed by atoms with Crippen molar-refractivity contribution >= 4 is 23.3 Å². The molecule has 2 aliphatic heterocycles. The Labute approximate surface area is 153 Å². The maximum atomic E-state index is 11.6. The molecule has 26 heavy (non-hydrogen) atoms. The van der Waals surface area contributed by atoms with Crippen LogP contribution in [0.5, 0.6) is 0 Å². The van der Waals surface area contributed by atoms with E-state index in [0.29, 0.717) is 36.7 Å². The number of hydrogen-bond acceptors (Lipinski definition) is 8. The van der Waals surface area contributed by atoms with Crippen LogP contribution >= 0.6 is 0 Å². The zero-order valence-electron chi connectivity index (χ0n) is 15.9. The van der Waals surface area contributed by atoms with E-state index in [1.165, 1.54) is 0 Å². The second-order valence-corrected chi connectivity index (χ2v) is 7.85. The number of nitrogens with two attached hydrogens (primary N) is 1. The van der Waals surface area contributed by atoms with E-state index < -0.39 is 4.92 Å². The standard InChI is InChI=1S/C17H28N6O3/c1-10-5-11(2)7-21(6-10)16-14(23(24)25)15(18)19-17(20-16)22-8-12(3)26-13(4)9-22/h10-13H,5-9H2,1-4H3,(H2,18,19,20)/t10-,11+,12-,13+. The van der Waals surface area contributed by atoms with Crippen LogP contribution in [0.1, 0.15) is 34.1 Å². The Balaban J connectivity index is 2.01. The molecule has 2 aliphatic rings. The summed E-state index contributed by atoms with van der Waals surface area (Å²) in [6, 6.07) is 0. The van der Waals surface area contributed by atoms with E-state index >= 15 is 0 Å². The van der Waals surface area contributed by atoms with Crippen LogP contribution < -0.4 is 15.5 Å². The molecule has 0 saturated carbocycles.